The highest BCUT2D eigenvalue weighted by Gasteiger charge is 2.16. The van der Waals surface area contributed by atoms with Crippen molar-refractivity contribution in [1.82, 2.24) is 0 Å². The summed E-state index contributed by atoms with van der Waals surface area (Å²) >= 11 is 0. The molecule has 0 bridgehead atoms. The molecule has 0 aliphatic heterocycles. The van der Waals surface area contributed by atoms with E-state index in [1.54, 1.807) is 19.2 Å². The first-order valence-electron chi connectivity index (χ1n) is 10.7. The zero-order valence-corrected chi connectivity index (χ0v) is 19.4. The first kappa shape index (κ1) is 22.3. The fourth-order valence-electron chi connectivity index (χ4n) is 3.94. The summed E-state index contributed by atoms with van der Waals surface area (Å²) in [5, 5.41) is 12.6. The third-order valence-corrected chi connectivity index (χ3v) is 5.48. The minimum Gasteiger partial charge on any atom is -0.504 e. The number of benzene rings is 2. The van der Waals surface area contributed by atoms with Gasteiger partial charge in [-0.3, -0.25) is 0 Å². The number of hydrogen-bond acceptors (Lipinski definition) is 6. The summed E-state index contributed by atoms with van der Waals surface area (Å²) in [6.07, 6.45) is 0. The lowest BCUT2D eigenvalue weighted by molar-refractivity contribution is 0.344. The molecule has 6 heteroatoms. The Morgan fingerprint density at radius 2 is 1.52 bits per heavy atom. The lowest BCUT2D eigenvalue weighted by atomic mass is 10.1. The van der Waals surface area contributed by atoms with Crippen LogP contribution < -0.4 is 19.6 Å². The van der Waals surface area contributed by atoms with Crippen LogP contribution >= 0.6 is 0 Å². The van der Waals surface area contributed by atoms with Gasteiger partial charge in [0.1, 0.15) is 23.0 Å². The van der Waals surface area contributed by atoms with Crippen LogP contribution in [0.5, 0.6) is 23.0 Å². The lowest BCUT2D eigenvalue weighted by Gasteiger charge is -2.07. The third kappa shape index (κ3) is 4.37. The van der Waals surface area contributed by atoms with Crippen molar-refractivity contribution in [3.05, 3.63) is 71.5 Å². The number of rotatable bonds is 6. The minimum absolute atomic E-state index is 0.0824. The van der Waals surface area contributed by atoms with Crippen molar-refractivity contribution >= 4 is 16.5 Å². The maximum absolute atomic E-state index is 10.1. The number of aromatic hydroxyl groups is 1. The summed E-state index contributed by atoms with van der Waals surface area (Å²) in [6, 6.07) is 16.8. The van der Waals surface area contributed by atoms with Crippen LogP contribution in [0.1, 0.15) is 18.4 Å². The summed E-state index contributed by atoms with van der Waals surface area (Å²) < 4.78 is 22.6. The van der Waals surface area contributed by atoms with Crippen molar-refractivity contribution in [2.75, 3.05) is 20.8 Å². The van der Waals surface area contributed by atoms with Crippen LogP contribution in [-0.4, -0.2) is 25.9 Å². The molecule has 4 rings (SSSR count). The number of phenols is 1. The molecular formula is C27H27NO5. The average molecular weight is 446 g/mol. The van der Waals surface area contributed by atoms with Crippen LogP contribution in [0.4, 0.5) is 5.69 Å². The van der Waals surface area contributed by atoms with Crippen LogP contribution in [0.2, 0.25) is 0 Å². The van der Waals surface area contributed by atoms with E-state index in [1.165, 1.54) is 7.11 Å². The van der Waals surface area contributed by atoms with E-state index < -0.39 is 0 Å². The number of phenolic OH excluding ortho intramolecular Hbond substituents is 1. The molecule has 1 aromatic heterocycles. The van der Waals surface area contributed by atoms with E-state index in [1.807, 2.05) is 63.2 Å². The van der Waals surface area contributed by atoms with Crippen molar-refractivity contribution < 1.29 is 23.7 Å². The Bertz CT molecular complexity index is 1370. The standard InChI is InChI=1S/C27H27NO5/c1-6-32-25-15-19(18-7-12-23(29)24(14-18)31-5)13-22(26-16(2)33-17(3)27(25)26)28-20-8-10-21(30-4)11-9-20/h7-15,29H,6H2,1-5H3. The number of hydrogen-bond donors (Lipinski definition) is 1. The number of methoxy groups -OCH3 is 2. The molecule has 0 radical (unpaired) electrons. The molecule has 0 saturated carbocycles. The molecule has 3 aromatic carbocycles. The predicted octanol–water partition coefficient (Wildman–Crippen LogP) is 6.07. The summed E-state index contributed by atoms with van der Waals surface area (Å²) in [5.41, 5.74) is 2.52. The number of aryl methyl sites for hydroxylation is 2. The van der Waals surface area contributed by atoms with E-state index >= 15 is 0 Å². The van der Waals surface area contributed by atoms with Gasteiger partial charge in [-0.2, -0.15) is 0 Å². The van der Waals surface area contributed by atoms with Crippen molar-refractivity contribution in [3.8, 4) is 34.1 Å². The van der Waals surface area contributed by atoms with Gasteiger partial charge in [-0.1, -0.05) is 6.07 Å². The summed E-state index contributed by atoms with van der Waals surface area (Å²) in [7, 11) is 3.17. The Morgan fingerprint density at radius 3 is 2.18 bits per heavy atom. The van der Waals surface area contributed by atoms with Gasteiger partial charge >= 0.3 is 0 Å². The largest absolute Gasteiger partial charge is 0.504 e. The summed E-state index contributed by atoms with van der Waals surface area (Å²) in [4.78, 5) is 4.95. The summed E-state index contributed by atoms with van der Waals surface area (Å²) in [6.45, 7) is 6.32. The highest BCUT2D eigenvalue weighted by Crippen LogP contribution is 2.36. The molecule has 33 heavy (non-hydrogen) atoms. The number of nitrogens with zero attached hydrogens (tertiary/aromatic N) is 1. The Morgan fingerprint density at radius 1 is 0.818 bits per heavy atom. The molecule has 6 nitrogen and oxygen atoms in total. The Kier molecular flexibility index (Phi) is 6.27. The first-order valence-corrected chi connectivity index (χ1v) is 10.7. The van der Waals surface area contributed by atoms with Gasteiger partial charge in [0.15, 0.2) is 11.5 Å². The quantitative estimate of drug-likeness (QED) is 0.390. The average Bonchev–Trinajstić information content (AvgIpc) is 3.01. The molecule has 1 heterocycles. The minimum atomic E-state index is 0.0824. The molecular weight excluding hydrogens is 418 g/mol. The van der Waals surface area contributed by atoms with E-state index in [4.69, 9.17) is 23.6 Å². The fourth-order valence-corrected chi connectivity index (χ4v) is 3.94. The van der Waals surface area contributed by atoms with Gasteiger partial charge in [0, 0.05) is 0 Å². The highest BCUT2D eigenvalue weighted by molar-refractivity contribution is 5.93. The third-order valence-electron chi connectivity index (χ3n) is 5.48. The SMILES string of the molecule is CCOc1cc(-c2ccc(O)c(OC)c2)cc(=Nc2ccc(OC)cc2)c2c(C)oc(C)c12. The van der Waals surface area contributed by atoms with E-state index in [2.05, 4.69) is 0 Å². The van der Waals surface area contributed by atoms with Gasteiger partial charge in [0.25, 0.3) is 0 Å². The van der Waals surface area contributed by atoms with Gasteiger partial charge in [0.2, 0.25) is 0 Å². The lowest BCUT2D eigenvalue weighted by Crippen LogP contribution is -2.00. The second-order valence-electron chi connectivity index (χ2n) is 7.59. The molecule has 4 aromatic rings. The molecule has 1 N–H and O–H groups in total. The van der Waals surface area contributed by atoms with Gasteiger partial charge in [-0.05, 0) is 80.4 Å². The molecule has 0 aliphatic rings. The van der Waals surface area contributed by atoms with Crippen molar-refractivity contribution in [2.24, 2.45) is 4.99 Å². The van der Waals surface area contributed by atoms with Gasteiger partial charge < -0.3 is 23.7 Å². The van der Waals surface area contributed by atoms with Crippen molar-refractivity contribution in [3.63, 3.8) is 0 Å². The van der Waals surface area contributed by atoms with E-state index in [-0.39, 0.29) is 5.75 Å². The van der Waals surface area contributed by atoms with E-state index in [0.717, 1.165) is 50.2 Å². The maximum Gasteiger partial charge on any atom is 0.161 e. The molecule has 0 atom stereocenters. The number of ether oxygens (including phenoxy) is 3. The fraction of sp³-hybridized carbons (Fsp3) is 0.222. The zero-order valence-electron chi connectivity index (χ0n) is 19.4. The van der Waals surface area contributed by atoms with Gasteiger partial charge in [-0.25, -0.2) is 4.99 Å². The van der Waals surface area contributed by atoms with Crippen LogP contribution in [0.25, 0.3) is 21.9 Å². The Hall–Kier alpha value is -3.93. The smallest absolute Gasteiger partial charge is 0.161 e. The van der Waals surface area contributed by atoms with E-state index in [0.29, 0.717) is 18.1 Å². The number of fused-ring (bicyclic) bond motifs is 1. The molecule has 0 spiro atoms. The van der Waals surface area contributed by atoms with Crippen molar-refractivity contribution in [1.29, 1.82) is 0 Å². The topological polar surface area (TPSA) is 73.4 Å². The monoisotopic (exact) mass is 445 g/mol. The molecule has 0 fully saturated rings. The molecule has 0 amide bonds. The predicted molar refractivity (Wildman–Crippen MR) is 129 cm³/mol. The molecule has 170 valence electrons. The first-order chi connectivity index (χ1) is 15.9. The van der Waals surface area contributed by atoms with Gasteiger partial charge in [0.05, 0.1) is 42.6 Å². The normalized spacial score (nSPS) is 11.6. The van der Waals surface area contributed by atoms with E-state index in [9.17, 15) is 5.11 Å². The molecule has 0 saturated heterocycles. The molecule has 0 unspecified atom stereocenters. The van der Waals surface area contributed by atoms with Crippen LogP contribution in [0, 0.1) is 13.8 Å². The maximum atomic E-state index is 10.1. The molecule has 0 aliphatic carbocycles. The van der Waals surface area contributed by atoms with Crippen LogP contribution in [0.3, 0.4) is 0 Å². The highest BCUT2D eigenvalue weighted by atomic mass is 16.5. The summed E-state index contributed by atoms with van der Waals surface area (Å²) in [5.74, 6) is 3.48. The van der Waals surface area contributed by atoms with Crippen molar-refractivity contribution in [2.45, 2.75) is 20.8 Å². The second kappa shape index (κ2) is 9.28. The zero-order chi connectivity index (χ0) is 23.5. The van der Waals surface area contributed by atoms with Crippen LogP contribution in [0.15, 0.2) is 64.0 Å². The van der Waals surface area contributed by atoms with Crippen LogP contribution in [-0.2, 0) is 0 Å². The Labute approximate surface area is 192 Å². The second-order valence-corrected chi connectivity index (χ2v) is 7.59. The van der Waals surface area contributed by atoms with Gasteiger partial charge in [-0.15, -0.1) is 0 Å². The number of furan rings is 1. The Balaban J connectivity index is 2.08.